The van der Waals surface area contributed by atoms with Gasteiger partial charge in [0.05, 0.1) is 17.9 Å². The Bertz CT molecular complexity index is 868. The Balaban J connectivity index is 1.06. The van der Waals surface area contributed by atoms with Crippen molar-refractivity contribution >= 4 is 17.8 Å². The first-order valence-electron chi connectivity index (χ1n) is 10.7. The number of aromatic nitrogens is 2. The molecule has 3 aliphatic heterocycles. The van der Waals surface area contributed by atoms with Crippen LogP contribution in [0, 0.1) is 5.41 Å². The average Bonchev–Trinajstić information content (AvgIpc) is 3.07. The molecule has 2 spiro atoms. The summed E-state index contributed by atoms with van der Waals surface area (Å²) in [4.78, 5) is 35.1. The molecule has 4 fully saturated rings. The average molecular weight is 438 g/mol. The number of hydrogen-bond donors (Lipinski definition) is 2. The van der Waals surface area contributed by atoms with Crippen LogP contribution in [-0.4, -0.2) is 69.5 Å². The maximum absolute atomic E-state index is 12.7. The number of carbonyl (C=O) groups is 2. The van der Waals surface area contributed by atoms with Gasteiger partial charge in [-0.3, -0.25) is 4.79 Å². The Morgan fingerprint density at radius 3 is 2.29 bits per heavy atom. The molecular weight excluding hydrogens is 413 g/mol. The Labute approximate surface area is 177 Å². The molecule has 0 aromatic carbocycles. The number of rotatable bonds is 2. The van der Waals surface area contributed by atoms with Gasteiger partial charge in [0.15, 0.2) is 5.69 Å². The quantitative estimate of drug-likeness (QED) is 0.739. The third-order valence-corrected chi connectivity index (χ3v) is 7.16. The second kappa shape index (κ2) is 6.96. The maximum Gasteiger partial charge on any atom is 0.434 e. The van der Waals surface area contributed by atoms with Gasteiger partial charge in [-0.05, 0) is 32.1 Å². The van der Waals surface area contributed by atoms with Crippen LogP contribution in [0.3, 0.4) is 0 Å². The third kappa shape index (κ3) is 3.78. The van der Waals surface area contributed by atoms with Crippen molar-refractivity contribution in [2.45, 2.75) is 56.3 Å². The van der Waals surface area contributed by atoms with Gasteiger partial charge in [0, 0.05) is 44.1 Å². The Morgan fingerprint density at radius 1 is 1.06 bits per heavy atom. The summed E-state index contributed by atoms with van der Waals surface area (Å²) in [5.41, 5.74) is -1.05. The topological polar surface area (TPSA) is 90.5 Å². The third-order valence-electron chi connectivity index (χ3n) is 7.16. The Kier molecular flexibility index (Phi) is 4.56. The van der Waals surface area contributed by atoms with Crippen molar-refractivity contribution in [1.82, 2.24) is 25.1 Å². The minimum atomic E-state index is -4.49. The van der Waals surface area contributed by atoms with E-state index in [1.807, 2.05) is 9.80 Å². The van der Waals surface area contributed by atoms with Gasteiger partial charge >= 0.3 is 12.2 Å². The highest BCUT2D eigenvalue weighted by Gasteiger charge is 2.53. The first kappa shape index (κ1) is 20.3. The van der Waals surface area contributed by atoms with E-state index in [9.17, 15) is 22.8 Å². The molecule has 31 heavy (non-hydrogen) atoms. The number of halogens is 3. The molecule has 4 heterocycles. The molecule has 3 amide bonds. The van der Waals surface area contributed by atoms with Crippen LogP contribution in [0.25, 0.3) is 0 Å². The van der Waals surface area contributed by atoms with E-state index in [0.29, 0.717) is 25.3 Å². The summed E-state index contributed by atoms with van der Waals surface area (Å²) in [6, 6.07) is 0.195. The molecule has 8 nitrogen and oxygen atoms in total. The fourth-order valence-electron chi connectivity index (χ4n) is 5.38. The fourth-order valence-corrected chi connectivity index (χ4v) is 5.38. The summed E-state index contributed by atoms with van der Waals surface area (Å²) in [5, 5.41) is 6.18. The fraction of sp³-hybridized carbons (Fsp3) is 0.700. The first-order chi connectivity index (χ1) is 14.7. The van der Waals surface area contributed by atoms with E-state index in [4.69, 9.17) is 0 Å². The second-order valence-corrected chi connectivity index (χ2v) is 9.53. The van der Waals surface area contributed by atoms with Crippen molar-refractivity contribution in [2.24, 2.45) is 5.41 Å². The number of amides is 3. The number of alkyl halides is 3. The van der Waals surface area contributed by atoms with E-state index in [1.165, 1.54) is 0 Å². The molecule has 3 saturated heterocycles. The SMILES string of the molecule is O=C1CCC2(CN(C(=O)N3CC4(CCC(Nc5cnc(C(F)(F)F)cn5)CC4)C3)C2)N1. The maximum atomic E-state index is 12.7. The lowest BCUT2D eigenvalue weighted by Gasteiger charge is -2.57. The zero-order valence-corrected chi connectivity index (χ0v) is 17.0. The van der Waals surface area contributed by atoms with Gasteiger partial charge in [-0.15, -0.1) is 0 Å². The van der Waals surface area contributed by atoms with Crippen molar-refractivity contribution in [1.29, 1.82) is 0 Å². The lowest BCUT2D eigenvalue weighted by molar-refractivity contribution is -0.141. The van der Waals surface area contributed by atoms with Gasteiger partial charge in [-0.2, -0.15) is 13.2 Å². The largest absolute Gasteiger partial charge is 0.434 e. The molecule has 168 valence electrons. The van der Waals surface area contributed by atoms with Crippen LogP contribution in [0.5, 0.6) is 0 Å². The molecule has 5 rings (SSSR count). The molecule has 4 aliphatic rings. The minimum absolute atomic E-state index is 0.0534. The zero-order valence-electron chi connectivity index (χ0n) is 17.0. The molecule has 0 unspecified atom stereocenters. The highest BCUT2D eigenvalue weighted by Crippen LogP contribution is 2.45. The normalized spacial score (nSPS) is 24.7. The van der Waals surface area contributed by atoms with Crippen LogP contribution in [-0.2, 0) is 11.0 Å². The number of hydrogen-bond acceptors (Lipinski definition) is 5. The number of likely N-dealkylation sites (tertiary alicyclic amines) is 2. The van der Waals surface area contributed by atoms with Gasteiger partial charge in [0.25, 0.3) is 0 Å². The van der Waals surface area contributed by atoms with Crippen LogP contribution in [0.1, 0.15) is 44.2 Å². The van der Waals surface area contributed by atoms with Crippen molar-refractivity contribution in [3.05, 3.63) is 18.1 Å². The van der Waals surface area contributed by atoms with Crippen molar-refractivity contribution in [3.8, 4) is 0 Å². The highest BCUT2D eigenvalue weighted by molar-refractivity contribution is 5.82. The second-order valence-electron chi connectivity index (χ2n) is 9.53. The van der Waals surface area contributed by atoms with Crippen LogP contribution < -0.4 is 10.6 Å². The van der Waals surface area contributed by atoms with E-state index >= 15 is 0 Å². The van der Waals surface area contributed by atoms with E-state index in [1.54, 1.807) is 0 Å². The Morgan fingerprint density at radius 2 is 1.74 bits per heavy atom. The van der Waals surface area contributed by atoms with E-state index in [0.717, 1.165) is 57.6 Å². The number of anilines is 1. The van der Waals surface area contributed by atoms with Crippen LogP contribution >= 0.6 is 0 Å². The molecule has 1 aliphatic carbocycles. The summed E-state index contributed by atoms with van der Waals surface area (Å²) in [5.74, 6) is 0.424. The van der Waals surface area contributed by atoms with Crippen molar-refractivity contribution in [3.63, 3.8) is 0 Å². The summed E-state index contributed by atoms with van der Waals surface area (Å²) in [6.07, 6.45) is 2.41. The highest BCUT2D eigenvalue weighted by atomic mass is 19.4. The smallest absolute Gasteiger partial charge is 0.366 e. The number of nitrogens with zero attached hydrogens (tertiary/aromatic N) is 4. The van der Waals surface area contributed by atoms with Crippen LogP contribution in [0.2, 0.25) is 0 Å². The zero-order chi connectivity index (χ0) is 21.9. The Hall–Kier alpha value is -2.59. The summed E-state index contributed by atoms with van der Waals surface area (Å²) < 4.78 is 37.8. The molecule has 0 radical (unpaired) electrons. The molecule has 1 aromatic heterocycles. The molecule has 2 N–H and O–H groups in total. The van der Waals surface area contributed by atoms with Crippen molar-refractivity contribution in [2.75, 3.05) is 31.5 Å². The van der Waals surface area contributed by atoms with E-state index < -0.39 is 11.9 Å². The first-order valence-corrected chi connectivity index (χ1v) is 10.7. The molecule has 1 saturated carbocycles. The van der Waals surface area contributed by atoms with Crippen molar-refractivity contribution < 1.29 is 22.8 Å². The lowest BCUT2D eigenvalue weighted by atomic mass is 9.67. The molecule has 0 atom stereocenters. The van der Waals surface area contributed by atoms with Gasteiger partial charge in [-0.1, -0.05) is 0 Å². The molecule has 1 aromatic rings. The van der Waals surface area contributed by atoms with Gasteiger partial charge in [0.2, 0.25) is 5.91 Å². The summed E-state index contributed by atoms with van der Waals surface area (Å²) in [7, 11) is 0. The molecule has 11 heteroatoms. The van der Waals surface area contributed by atoms with Crippen LogP contribution in [0.4, 0.5) is 23.8 Å². The standard InChI is InChI=1S/C20H25F3N6O2/c21-20(22,23)14-7-25-15(8-24-14)26-13-1-4-18(5-2-13)9-28(10-18)17(31)29-11-19(12-29)6-3-16(30)27-19/h7-8,13H,1-6,9-12H2,(H,25,26)(H,27,30). The molecular formula is C20H25F3N6O2. The summed E-state index contributed by atoms with van der Waals surface area (Å²) >= 11 is 0. The number of urea groups is 1. The predicted molar refractivity (Wildman–Crippen MR) is 104 cm³/mol. The lowest BCUT2D eigenvalue weighted by Crippen LogP contribution is -2.72. The monoisotopic (exact) mass is 438 g/mol. The van der Waals surface area contributed by atoms with Crippen LogP contribution in [0.15, 0.2) is 12.4 Å². The summed E-state index contributed by atoms with van der Waals surface area (Å²) in [6.45, 7) is 2.69. The van der Waals surface area contributed by atoms with Gasteiger partial charge in [-0.25, -0.2) is 14.8 Å². The minimum Gasteiger partial charge on any atom is -0.366 e. The van der Waals surface area contributed by atoms with Gasteiger partial charge < -0.3 is 20.4 Å². The number of nitrogens with one attached hydrogen (secondary N) is 2. The van der Waals surface area contributed by atoms with E-state index in [-0.39, 0.29) is 28.9 Å². The number of carbonyl (C=O) groups excluding carboxylic acids is 2. The molecule has 0 bridgehead atoms. The van der Waals surface area contributed by atoms with E-state index in [2.05, 4.69) is 20.6 Å². The van der Waals surface area contributed by atoms with Gasteiger partial charge in [0.1, 0.15) is 5.82 Å². The predicted octanol–water partition coefficient (Wildman–Crippen LogP) is 2.24.